The zero-order valence-corrected chi connectivity index (χ0v) is 37.6. The fraction of sp³-hybridized carbons (Fsp3) is 0. The van der Waals surface area contributed by atoms with Crippen LogP contribution in [-0.2, 0) is 0 Å². The molecule has 0 aliphatic carbocycles. The van der Waals surface area contributed by atoms with Gasteiger partial charge >= 0.3 is 0 Å². The second-order valence-corrected chi connectivity index (χ2v) is 16.9. The molecule has 0 N–H and O–H groups in total. The van der Waals surface area contributed by atoms with Crippen molar-refractivity contribution in [2.24, 2.45) is 0 Å². The number of anilines is 6. The van der Waals surface area contributed by atoms with E-state index >= 15 is 0 Å². The van der Waals surface area contributed by atoms with Crippen LogP contribution < -0.4 is 9.80 Å². The molecule has 11 aromatic carbocycles. The Balaban J connectivity index is 1.08. The van der Waals surface area contributed by atoms with Crippen molar-refractivity contribution in [1.29, 1.82) is 0 Å². The van der Waals surface area contributed by atoms with E-state index in [0.29, 0.717) is 0 Å². The van der Waals surface area contributed by atoms with Crippen LogP contribution in [0.25, 0.3) is 66.8 Å². The Labute approximate surface area is 400 Å². The van der Waals surface area contributed by atoms with Crippen LogP contribution in [0.15, 0.2) is 291 Å². The topological polar surface area (TPSA) is 6.48 Å². The van der Waals surface area contributed by atoms with Crippen LogP contribution >= 0.6 is 0 Å². The predicted octanol–water partition coefficient (Wildman–Crippen LogP) is 18.6. The molecule has 2 nitrogen and oxygen atoms in total. The van der Waals surface area contributed by atoms with Gasteiger partial charge in [0, 0.05) is 33.8 Å². The zero-order valence-electron chi connectivity index (χ0n) is 37.6. The second-order valence-electron chi connectivity index (χ2n) is 16.9. The second kappa shape index (κ2) is 19.2. The normalized spacial score (nSPS) is 10.9. The molecule has 0 unspecified atom stereocenters. The van der Waals surface area contributed by atoms with Crippen LogP contribution in [0.3, 0.4) is 0 Å². The molecule has 0 spiro atoms. The highest BCUT2D eigenvalue weighted by molar-refractivity contribution is 5.96. The summed E-state index contributed by atoms with van der Waals surface area (Å²) in [6, 6.07) is 105. The molecule has 0 atom stereocenters. The van der Waals surface area contributed by atoms with Gasteiger partial charge in [-0.05, 0) is 117 Å². The largest absolute Gasteiger partial charge is 0.310 e. The fourth-order valence-electron chi connectivity index (χ4n) is 9.33. The van der Waals surface area contributed by atoms with Gasteiger partial charge in [0.05, 0.1) is 17.1 Å². The molecule has 0 aromatic heterocycles. The van der Waals surface area contributed by atoms with E-state index < -0.39 is 0 Å². The summed E-state index contributed by atoms with van der Waals surface area (Å²) < 4.78 is 0. The summed E-state index contributed by atoms with van der Waals surface area (Å²) in [5.41, 5.74) is 20.4. The summed E-state index contributed by atoms with van der Waals surface area (Å²) in [5.74, 6) is 0. The van der Waals surface area contributed by atoms with Gasteiger partial charge in [0.25, 0.3) is 0 Å². The lowest BCUT2D eigenvalue weighted by molar-refractivity contribution is 1.28. The Kier molecular flexibility index (Phi) is 11.8. The highest BCUT2D eigenvalue weighted by Crippen LogP contribution is 2.48. The SMILES string of the molecule is c1ccc(-c2ccc(N(c3ccc(-c4ccccc4)cc3)c3ccc(-c4ccc(N(c5ccccc5)c5ccccc5-c5ccccc5)c(-c5ccccc5)c4)cc3-c3ccccc3)cc2)cc1. The van der Waals surface area contributed by atoms with Crippen molar-refractivity contribution >= 4 is 34.1 Å². The molecule has 2 heteroatoms. The third-order valence-electron chi connectivity index (χ3n) is 12.7. The molecule has 0 aliphatic heterocycles. The molecule has 0 radical (unpaired) electrons. The van der Waals surface area contributed by atoms with Gasteiger partial charge < -0.3 is 9.80 Å². The summed E-state index contributed by atoms with van der Waals surface area (Å²) in [6.45, 7) is 0. The van der Waals surface area contributed by atoms with E-state index in [4.69, 9.17) is 0 Å². The molecule has 68 heavy (non-hydrogen) atoms. The molecule has 0 bridgehead atoms. The minimum absolute atomic E-state index is 1.08. The van der Waals surface area contributed by atoms with Crippen molar-refractivity contribution in [3.8, 4) is 66.8 Å². The van der Waals surface area contributed by atoms with Gasteiger partial charge in [-0.3, -0.25) is 0 Å². The zero-order chi connectivity index (χ0) is 45.5. The van der Waals surface area contributed by atoms with Crippen molar-refractivity contribution in [2.45, 2.75) is 0 Å². The first-order valence-corrected chi connectivity index (χ1v) is 23.3. The monoisotopic (exact) mass is 868 g/mol. The minimum atomic E-state index is 1.08. The third-order valence-corrected chi connectivity index (χ3v) is 12.7. The van der Waals surface area contributed by atoms with E-state index in [-0.39, 0.29) is 0 Å². The standard InChI is InChI=1S/C66H48N2/c1-7-21-49(22-8-1)51-35-41-59(42-36-51)67(60-43-37-52(38-44-60)50-23-9-2-10-24-50)65-45-39-56(47-62(65)54-27-13-4-14-28-54)57-40-46-66(63(48-57)55-29-15-5-16-30-55)68(58-31-17-6-18-32-58)64-34-20-19-33-61(64)53-25-11-3-12-26-53/h1-48H. The van der Waals surface area contributed by atoms with Crippen molar-refractivity contribution in [3.63, 3.8) is 0 Å². The Morgan fingerprint density at radius 2 is 0.441 bits per heavy atom. The molecule has 0 saturated heterocycles. The fourth-order valence-corrected chi connectivity index (χ4v) is 9.33. The van der Waals surface area contributed by atoms with E-state index in [1.165, 1.54) is 27.8 Å². The van der Waals surface area contributed by atoms with Gasteiger partial charge in [-0.25, -0.2) is 0 Å². The average molecular weight is 869 g/mol. The molecule has 0 heterocycles. The maximum Gasteiger partial charge on any atom is 0.0540 e. The number of rotatable bonds is 12. The summed E-state index contributed by atoms with van der Waals surface area (Å²) in [7, 11) is 0. The molecule has 0 aliphatic rings. The van der Waals surface area contributed by atoms with Crippen molar-refractivity contribution < 1.29 is 0 Å². The van der Waals surface area contributed by atoms with Crippen LogP contribution in [0.5, 0.6) is 0 Å². The van der Waals surface area contributed by atoms with Gasteiger partial charge in [0.2, 0.25) is 0 Å². The number of para-hydroxylation sites is 2. The smallest absolute Gasteiger partial charge is 0.0540 e. The lowest BCUT2D eigenvalue weighted by Crippen LogP contribution is -2.12. The predicted molar refractivity (Wildman–Crippen MR) is 288 cm³/mol. The highest BCUT2D eigenvalue weighted by atomic mass is 15.2. The molecular formula is C66H48N2. The minimum Gasteiger partial charge on any atom is -0.310 e. The molecule has 0 saturated carbocycles. The number of benzene rings is 11. The molecule has 0 fully saturated rings. The quantitative estimate of drug-likeness (QED) is 0.121. The molecule has 11 rings (SSSR count). The molecule has 11 aromatic rings. The highest BCUT2D eigenvalue weighted by Gasteiger charge is 2.23. The van der Waals surface area contributed by atoms with E-state index in [0.717, 1.165) is 73.1 Å². The first-order valence-electron chi connectivity index (χ1n) is 23.3. The Bertz CT molecular complexity index is 3310. The molecule has 322 valence electrons. The maximum absolute atomic E-state index is 2.41. The van der Waals surface area contributed by atoms with Crippen molar-refractivity contribution in [3.05, 3.63) is 291 Å². The number of hydrogen-bond acceptors (Lipinski definition) is 2. The van der Waals surface area contributed by atoms with Crippen LogP contribution in [0.1, 0.15) is 0 Å². The van der Waals surface area contributed by atoms with E-state index in [1.807, 2.05) is 0 Å². The maximum atomic E-state index is 2.41. The molecule has 0 amide bonds. The van der Waals surface area contributed by atoms with E-state index in [2.05, 4.69) is 301 Å². The van der Waals surface area contributed by atoms with Crippen LogP contribution in [-0.4, -0.2) is 0 Å². The van der Waals surface area contributed by atoms with Crippen molar-refractivity contribution in [1.82, 2.24) is 0 Å². The lowest BCUT2D eigenvalue weighted by atomic mass is 9.92. The van der Waals surface area contributed by atoms with Crippen molar-refractivity contribution in [2.75, 3.05) is 9.80 Å². The first-order chi connectivity index (χ1) is 33.7. The van der Waals surface area contributed by atoms with Crippen LogP contribution in [0.4, 0.5) is 34.1 Å². The van der Waals surface area contributed by atoms with Crippen LogP contribution in [0.2, 0.25) is 0 Å². The van der Waals surface area contributed by atoms with Crippen LogP contribution in [0, 0.1) is 0 Å². The summed E-state index contributed by atoms with van der Waals surface area (Å²) in [4.78, 5) is 4.81. The first kappa shape index (κ1) is 41.7. The number of hydrogen-bond donors (Lipinski definition) is 0. The summed E-state index contributed by atoms with van der Waals surface area (Å²) in [6.07, 6.45) is 0. The third kappa shape index (κ3) is 8.63. The van der Waals surface area contributed by atoms with Gasteiger partial charge in [-0.2, -0.15) is 0 Å². The number of nitrogens with zero attached hydrogens (tertiary/aromatic N) is 2. The van der Waals surface area contributed by atoms with Gasteiger partial charge in [0.1, 0.15) is 0 Å². The average Bonchev–Trinajstić information content (AvgIpc) is 3.43. The summed E-state index contributed by atoms with van der Waals surface area (Å²) >= 11 is 0. The van der Waals surface area contributed by atoms with E-state index in [9.17, 15) is 0 Å². The Hall–Kier alpha value is -8.98. The molecular weight excluding hydrogens is 821 g/mol. The Morgan fingerprint density at radius 1 is 0.162 bits per heavy atom. The Morgan fingerprint density at radius 3 is 0.868 bits per heavy atom. The van der Waals surface area contributed by atoms with Gasteiger partial charge in [0.15, 0.2) is 0 Å². The van der Waals surface area contributed by atoms with E-state index in [1.54, 1.807) is 0 Å². The lowest BCUT2D eigenvalue weighted by Gasteiger charge is -2.30. The van der Waals surface area contributed by atoms with Gasteiger partial charge in [-0.15, -0.1) is 0 Å². The van der Waals surface area contributed by atoms with Gasteiger partial charge in [-0.1, -0.05) is 224 Å². The summed E-state index contributed by atoms with van der Waals surface area (Å²) in [5, 5.41) is 0.